The zero-order chi connectivity index (χ0) is 23.8. The number of H-pyrrole nitrogens is 1. The maximum Gasteiger partial charge on any atom is 0.252 e. The van der Waals surface area contributed by atoms with Gasteiger partial charge in [-0.2, -0.15) is 0 Å². The van der Waals surface area contributed by atoms with Crippen LogP contribution >= 0.6 is 0 Å². The fraction of sp³-hybridized carbons (Fsp3) is 0.600. The summed E-state index contributed by atoms with van der Waals surface area (Å²) in [4.78, 5) is 18.4. The van der Waals surface area contributed by atoms with E-state index in [1.165, 1.54) is 5.56 Å². The Hall–Kier alpha value is -2.58. The zero-order valence-electron chi connectivity index (χ0n) is 20.6. The summed E-state index contributed by atoms with van der Waals surface area (Å²) < 4.78 is 7.91. The van der Waals surface area contributed by atoms with E-state index in [2.05, 4.69) is 73.0 Å². The maximum atomic E-state index is 13.0. The van der Waals surface area contributed by atoms with E-state index in [9.17, 15) is 4.79 Å². The number of aryl methyl sites for hydroxylation is 1. The Morgan fingerprint density at radius 2 is 2.06 bits per heavy atom. The summed E-state index contributed by atoms with van der Waals surface area (Å²) in [5, 5.41) is 13.8. The van der Waals surface area contributed by atoms with Crippen molar-refractivity contribution in [3.8, 4) is 0 Å². The van der Waals surface area contributed by atoms with Gasteiger partial charge >= 0.3 is 0 Å². The van der Waals surface area contributed by atoms with Crippen LogP contribution in [0.25, 0.3) is 10.9 Å². The molecule has 0 radical (unpaired) electrons. The van der Waals surface area contributed by atoms with E-state index in [0.717, 1.165) is 48.3 Å². The maximum absolute atomic E-state index is 13.0. The second-order valence-electron chi connectivity index (χ2n) is 10.6. The Morgan fingerprint density at radius 3 is 2.73 bits per heavy atom. The third-order valence-electron chi connectivity index (χ3n) is 6.33. The van der Waals surface area contributed by atoms with Gasteiger partial charge in [0, 0.05) is 30.8 Å². The van der Waals surface area contributed by atoms with Gasteiger partial charge in [0.25, 0.3) is 5.56 Å². The van der Waals surface area contributed by atoms with Crippen molar-refractivity contribution in [1.29, 1.82) is 0 Å². The number of fused-ring (bicyclic) bond motifs is 1. The minimum atomic E-state index is -0.251. The topological polar surface area (TPSA) is 88.9 Å². The van der Waals surface area contributed by atoms with Crippen molar-refractivity contribution < 1.29 is 4.74 Å². The van der Waals surface area contributed by atoms with Crippen LogP contribution in [-0.2, 0) is 16.8 Å². The number of benzene rings is 1. The van der Waals surface area contributed by atoms with Crippen LogP contribution in [0.2, 0.25) is 0 Å². The first-order chi connectivity index (χ1) is 15.6. The van der Waals surface area contributed by atoms with E-state index >= 15 is 0 Å². The number of aromatic nitrogens is 5. The second-order valence-corrected chi connectivity index (χ2v) is 10.6. The summed E-state index contributed by atoms with van der Waals surface area (Å²) in [6, 6.07) is 8.06. The Morgan fingerprint density at radius 1 is 1.27 bits per heavy atom. The van der Waals surface area contributed by atoms with Crippen molar-refractivity contribution in [3.63, 3.8) is 0 Å². The summed E-state index contributed by atoms with van der Waals surface area (Å²) in [5.41, 5.74) is 2.46. The number of ether oxygens (including phenoxy) is 1. The number of rotatable bonds is 7. The van der Waals surface area contributed by atoms with Crippen molar-refractivity contribution in [1.82, 2.24) is 30.1 Å². The number of tetrazole rings is 1. The molecule has 3 heterocycles. The lowest BCUT2D eigenvalue weighted by atomic mass is 9.98. The zero-order valence-corrected chi connectivity index (χ0v) is 20.6. The van der Waals surface area contributed by atoms with Gasteiger partial charge in [0.2, 0.25) is 0 Å². The number of nitrogens with zero attached hydrogens (tertiary/aromatic N) is 5. The van der Waals surface area contributed by atoms with Crippen LogP contribution in [0.5, 0.6) is 0 Å². The van der Waals surface area contributed by atoms with E-state index in [0.29, 0.717) is 6.54 Å². The van der Waals surface area contributed by atoms with Gasteiger partial charge in [-0.3, -0.25) is 9.69 Å². The summed E-state index contributed by atoms with van der Waals surface area (Å²) in [5.74, 6) is 1.06. The van der Waals surface area contributed by atoms with Crippen molar-refractivity contribution in [2.45, 2.75) is 78.6 Å². The average molecular weight is 453 g/mol. The van der Waals surface area contributed by atoms with Gasteiger partial charge < -0.3 is 9.72 Å². The summed E-state index contributed by atoms with van der Waals surface area (Å²) >= 11 is 0. The highest BCUT2D eigenvalue weighted by Gasteiger charge is 2.34. The summed E-state index contributed by atoms with van der Waals surface area (Å²) in [6.07, 6.45) is 2.24. The molecule has 0 bridgehead atoms. The molecule has 2 atom stereocenters. The fourth-order valence-corrected chi connectivity index (χ4v) is 4.77. The molecular formula is C25H36N6O2. The third-order valence-corrected chi connectivity index (χ3v) is 6.33. The van der Waals surface area contributed by atoms with Gasteiger partial charge in [-0.15, -0.1) is 5.10 Å². The molecule has 1 saturated heterocycles. The molecule has 3 aromatic rings. The molecule has 33 heavy (non-hydrogen) atoms. The summed E-state index contributed by atoms with van der Waals surface area (Å²) in [7, 11) is 0. The highest BCUT2D eigenvalue weighted by molar-refractivity contribution is 5.79. The van der Waals surface area contributed by atoms with Gasteiger partial charge in [-0.05, 0) is 80.5 Å². The first kappa shape index (κ1) is 23.6. The molecule has 0 aliphatic carbocycles. The molecule has 1 N–H and O–H groups in total. The number of hydrogen-bond donors (Lipinski definition) is 1. The van der Waals surface area contributed by atoms with Crippen LogP contribution in [-0.4, -0.2) is 49.3 Å². The molecule has 0 saturated carbocycles. The largest absolute Gasteiger partial charge is 0.377 e. The lowest BCUT2D eigenvalue weighted by molar-refractivity contribution is 0.0371. The predicted octanol–water partition coefficient (Wildman–Crippen LogP) is 3.96. The molecule has 178 valence electrons. The number of hydrogen-bond acceptors (Lipinski definition) is 6. The smallest absolute Gasteiger partial charge is 0.252 e. The minimum absolute atomic E-state index is 0.0541. The highest BCUT2D eigenvalue weighted by atomic mass is 16.5. The first-order valence-electron chi connectivity index (χ1n) is 11.9. The monoisotopic (exact) mass is 452 g/mol. The van der Waals surface area contributed by atoms with E-state index < -0.39 is 0 Å². The molecule has 8 nitrogen and oxygen atoms in total. The molecule has 4 rings (SSSR count). The van der Waals surface area contributed by atoms with Gasteiger partial charge in [0.1, 0.15) is 0 Å². The van der Waals surface area contributed by atoms with Gasteiger partial charge in [0.05, 0.1) is 17.7 Å². The van der Waals surface area contributed by atoms with Crippen molar-refractivity contribution in [2.24, 2.45) is 5.92 Å². The van der Waals surface area contributed by atoms with E-state index in [4.69, 9.17) is 4.74 Å². The molecule has 2 unspecified atom stereocenters. The molecule has 8 heteroatoms. The molecule has 0 amide bonds. The van der Waals surface area contributed by atoms with E-state index in [1.807, 2.05) is 22.9 Å². The van der Waals surface area contributed by atoms with Crippen LogP contribution in [0.1, 0.15) is 70.5 Å². The van der Waals surface area contributed by atoms with Gasteiger partial charge in [-0.25, -0.2) is 4.68 Å². The van der Waals surface area contributed by atoms with Crippen LogP contribution in [0, 0.1) is 12.8 Å². The number of pyridine rings is 1. The van der Waals surface area contributed by atoms with Crippen LogP contribution in [0.15, 0.2) is 29.1 Å². The number of aromatic amines is 1. The third kappa shape index (κ3) is 5.17. The molecule has 1 aliphatic rings. The molecule has 1 fully saturated rings. The van der Waals surface area contributed by atoms with Gasteiger partial charge in [0.15, 0.2) is 5.82 Å². The normalized spacial score (nSPS) is 18.0. The Kier molecular flexibility index (Phi) is 6.68. The number of nitrogens with one attached hydrogen (secondary N) is 1. The molecular weight excluding hydrogens is 416 g/mol. The predicted molar refractivity (Wildman–Crippen MR) is 129 cm³/mol. The van der Waals surface area contributed by atoms with Gasteiger partial charge in [-0.1, -0.05) is 25.5 Å². The Bertz CT molecular complexity index is 1150. The molecule has 1 aliphatic heterocycles. The van der Waals surface area contributed by atoms with Crippen molar-refractivity contribution in [3.05, 3.63) is 51.6 Å². The minimum Gasteiger partial charge on any atom is -0.377 e. The standard InChI is InChI=1S/C25H36N6O2/c1-16(2)22(23-27-28-29-31(23)25(4,5)6)30(15-20-8-7-11-33-20)14-19-13-18-12-17(3)9-10-21(18)26-24(19)32/h9-10,12-13,16,20,22H,7-8,11,14-15H2,1-6H3,(H,26,32). The van der Waals surface area contributed by atoms with Crippen LogP contribution in [0.4, 0.5) is 0 Å². The van der Waals surface area contributed by atoms with Crippen LogP contribution < -0.4 is 5.56 Å². The Labute approximate surface area is 195 Å². The lowest BCUT2D eigenvalue weighted by Crippen LogP contribution is -2.41. The Balaban J connectivity index is 1.76. The van der Waals surface area contributed by atoms with Crippen molar-refractivity contribution >= 4 is 10.9 Å². The molecule has 1 aromatic carbocycles. The summed E-state index contributed by atoms with van der Waals surface area (Å²) in [6.45, 7) is 14.8. The van der Waals surface area contributed by atoms with Crippen LogP contribution in [0.3, 0.4) is 0 Å². The molecule has 2 aromatic heterocycles. The van der Waals surface area contributed by atoms with Crippen molar-refractivity contribution in [2.75, 3.05) is 13.2 Å². The molecule has 0 spiro atoms. The van der Waals surface area contributed by atoms with E-state index in [1.54, 1.807) is 0 Å². The average Bonchev–Trinajstić information content (AvgIpc) is 3.40. The lowest BCUT2D eigenvalue weighted by Gasteiger charge is -2.36. The SMILES string of the molecule is Cc1ccc2[nH]c(=O)c(CN(CC3CCCO3)C(c3nnnn3C(C)(C)C)C(C)C)cc2c1. The quantitative estimate of drug-likeness (QED) is 0.584. The fourth-order valence-electron chi connectivity index (χ4n) is 4.77. The highest BCUT2D eigenvalue weighted by Crippen LogP contribution is 2.32. The second kappa shape index (κ2) is 9.35. The van der Waals surface area contributed by atoms with E-state index in [-0.39, 0.29) is 29.2 Å². The first-order valence-corrected chi connectivity index (χ1v) is 11.9.